The molecule has 1 aliphatic carbocycles. The SMILES string of the molecule is Cc1cc([C@H]2OC(=O)N(CC3=C(c4cccc(Cl)c4)CCC(C)(C)C3)[C@H]2C)cc(C(F)(F)F)c1. The summed E-state index contributed by atoms with van der Waals surface area (Å²) in [6, 6.07) is 11.2. The number of alkyl halides is 3. The number of hydrogen-bond donors (Lipinski definition) is 0. The summed E-state index contributed by atoms with van der Waals surface area (Å²) in [5.41, 5.74) is 3.56. The Bertz CT molecular complexity index is 1140. The van der Waals surface area contributed by atoms with Crippen LogP contribution in [0.4, 0.5) is 18.0 Å². The van der Waals surface area contributed by atoms with Gasteiger partial charge in [0.1, 0.15) is 6.10 Å². The predicted molar refractivity (Wildman–Crippen MR) is 128 cm³/mol. The van der Waals surface area contributed by atoms with E-state index in [4.69, 9.17) is 16.3 Å². The summed E-state index contributed by atoms with van der Waals surface area (Å²) >= 11 is 6.24. The van der Waals surface area contributed by atoms with Crippen LogP contribution in [0.5, 0.6) is 0 Å². The Morgan fingerprint density at radius 2 is 1.91 bits per heavy atom. The van der Waals surface area contributed by atoms with Crippen LogP contribution in [0, 0.1) is 12.3 Å². The minimum Gasteiger partial charge on any atom is -0.439 e. The monoisotopic (exact) mass is 491 g/mol. The second kappa shape index (κ2) is 8.95. The van der Waals surface area contributed by atoms with Gasteiger partial charge in [0.05, 0.1) is 11.6 Å². The molecule has 1 fully saturated rings. The van der Waals surface area contributed by atoms with Crippen LogP contribution in [0.1, 0.15) is 68.4 Å². The van der Waals surface area contributed by atoms with Crippen molar-refractivity contribution in [3.8, 4) is 0 Å². The van der Waals surface area contributed by atoms with Crippen molar-refractivity contribution in [1.29, 1.82) is 0 Å². The molecule has 2 atom stereocenters. The van der Waals surface area contributed by atoms with Crippen molar-refractivity contribution in [2.45, 2.75) is 65.3 Å². The van der Waals surface area contributed by atoms with Crippen molar-refractivity contribution in [3.05, 3.63) is 75.3 Å². The zero-order chi connectivity index (χ0) is 24.8. The Morgan fingerprint density at radius 3 is 2.59 bits per heavy atom. The summed E-state index contributed by atoms with van der Waals surface area (Å²) in [4.78, 5) is 14.5. The highest BCUT2D eigenvalue weighted by Crippen LogP contribution is 2.44. The molecule has 1 amide bonds. The summed E-state index contributed by atoms with van der Waals surface area (Å²) in [7, 11) is 0. The number of carbonyl (C=O) groups is 1. The highest BCUT2D eigenvalue weighted by Gasteiger charge is 2.42. The van der Waals surface area contributed by atoms with Gasteiger partial charge < -0.3 is 4.74 Å². The molecule has 0 aromatic heterocycles. The quantitative estimate of drug-likeness (QED) is 0.431. The first-order valence-corrected chi connectivity index (χ1v) is 11.8. The van der Waals surface area contributed by atoms with Crippen LogP contribution in [0.2, 0.25) is 5.02 Å². The number of ether oxygens (including phenoxy) is 1. The van der Waals surface area contributed by atoms with Gasteiger partial charge in [0.25, 0.3) is 0 Å². The van der Waals surface area contributed by atoms with Crippen LogP contribution in [0.15, 0.2) is 48.0 Å². The Balaban J connectivity index is 1.66. The molecule has 182 valence electrons. The molecule has 0 bridgehead atoms. The second-order valence-corrected chi connectivity index (χ2v) is 10.7. The molecule has 1 heterocycles. The molecular formula is C27H29ClF3NO2. The number of rotatable bonds is 4. The third-order valence-corrected chi connectivity index (χ3v) is 7.09. The Kier molecular flexibility index (Phi) is 6.49. The normalized spacial score (nSPS) is 22.8. The summed E-state index contributed by atoms with van der Waals surface area (Å²) < 4.78 is 45.7. The third-order valence-electron chi connectivity index (χ3n) is 6.85. The number of halogens is 4. The van der Waals surface area contributed by atoms with Gasteiger partial charge >= 0.3 is 12.3 Å². The van der Waals surface area contributed by atoms with Crippen molar-refractivity contribution in [3.63, 3.8) is 0 Å². The van der Waals surface area contributed by atoms with E-state index in [0.717, 1.165) is 42.5 Å². The van der Waals surface area contributed by atoms with Gasteiger partial charge in [-0.1, -0.05) is 49.2 Å². The smallest absolute Gasteiger partial charge is 0.416 e. The molecule has 3 nitrogen and oxygen atoms in total. The summed E-state index contributed by atoms with van der Waals surface area (Å²) in [5, 5.41) is 0.656. The fourth-order valence-corrected chi connectivity index (χ4v) is 5.29. The first-order chi connectivity index (χ1) is 15.8. The van der Waals surface area contributed by atoms with E-state index in [-0.39, 0.29) is 5.41 Å². The van der Waals surface area contributed by atoms with Crippen molar-refractivity contribution < 1.29 is 22.7 Å². The lowest BCUT2D eigenvalue weighted by atomic mass is 9.72. The van der Waals surface area contributed by atoms with Crippen LogP contribution >= 0.6 is 11.6 Å². The number of cyclic esters (lactones) is 1. The van der Waals surface area contributed by atoms with Gasteiger partial charge in [0.2, 0.25) is 0 Å². The molecule has 2 aromatic rings. The van der Waals surface area contributed by atoms with Gasteiger partial charge in [-0.25, -0.2) is 4.79 Å². The summed E-state index contributed by atoms with van der Waals surface area (Å²) in [6.45, 7) is 8.24. The minimum atomic E-state index is -4.46. The van der Waals surface area contributed by atoms with Gasteiger partial charge in [-0.05, 0) is 85.1 Å². The largest absolute Gasteiger partial charge is 0.439 e. The average molecular weight is 492 g/mol. The number of aryl methyl sites for hydroxylation is 1. The van der Waals surface area contributed by atoms with Crippen LogP contribution in [0.25, 0.3) is 5.57 Å². The van der Waals surface area contributed by atoms with Crippen molar-refractivity contribution >= 4 is 23.3 Å². The first-order valence-electron chi connectivity index (χ1n) is 11.5. The number of hydrogen-bond acceptors (Lipinski definition) is 2. The zero-order valence-electron chi connectivity index (χ0n) is 19.8. The molecule has 4 rings (SSSR count). The molecule has 7 heteroatoms. The van der Waals surface area contributed by atoms with E-state index >= 15 is 0 Å². The number of amides is 1. The van der Waals surface area contributed by atoms with E-state index in [0.29, 0.717) is 22.7 Å². The van der Waals surface area contributed by atoms with Gasteiger partial charge in [-0.2, -0.15) is 13.2 Å². The van der Waals surface area contributed by atoms with Gasteiger partial charge in [0.15, 0.2) is 0 Å². The lowest BCUT2D eigenvalue weighted by Crippen LogP contribution is -2.35. The van der Waals surface area contributed by atoms with Crippen LogP contribution < -0.4 is 0 Å². The van der Waals surface area contributed by atoms with E-state index in [1.807, 2.05) is 31.2 Å². The van der Waals surface area contributed by atoms with Crippen molar-refractivity contribution in [2.24, 2.45) is 5.41 Å². The molecule has 0 N–H and O–H groups in total. The number of nitrogens with zero attached hydrogens (tertiary/aromatic N) is 1. The van der Waals surface area contributed by atoms with Gasteiger partial charge in [-0.3, -0.25) is 4.90 Å². The maximum Gasteiger partial charge on any atom is 0.416 e. The van der Waals surface area contributed by atoms with Gasteiger partial charge in [0, 0.05) is 11.6 Å². The molecule has 0 unspecified atom stereocenters. The number of benzene rings is 2. The second-order valence-electron chi connectivity index (χ2n) is 10.2. The summed E-state index contributed by atoms with van der Waals surface area (Å²) in [6.07, 6.45) is -3.02. The van der Waals surface area contributed by atoms with Crippen LogP contribution in [-0.4, -0.2) is 23.6 Å². The van der Waals surface area contributed by atoms with Crippen molar-refractivity contribution in [1.82, 2.24) is 4.90 Å². The van der Waals surface area contributed by atoms with E-state index in [1.54, 1.807) is 17.9 Å². The fourth-order valence-electron chi connectivity index (χ4n) is 5.09. The van der Waals surface area contributed by atoms with E-state index in [9.17, 15) is 18.0 Å². The maximum atomic E-state index is 13.4. The highest BCUT2D eigenvalue weighted by atomic mass is 35.5. The molecule has 1 saturated heterocycles. The Hall–Kier alpha value is -2.47. The standard InChI is InChI=1S/C27H29ClF3NO2/c1-16-10-19(12-21(11-16)27(29,30)31)24-17(2)32(25(33)34-24)15-20-14-26(3,4)9-8-23(20)18-6-5-7-22(28)13-18/h5-7,10-13,17,24H,8-9,14-15H2,1-4H3/t17-,24-/m0/s1. The predicted octanol–water partition coefficient (Wildman–Crippen LogP) is 8.21. The first kappa shape index (κ1) is 24.6. The highest BCUT2D eigenvalue weighted by molar-refractivity contribution is 6.30. The molecular weight excluding hydrogens is 463 g/mol. The number of allylic oxidation sites excluding steroid dienone is 1. The fraction of sp³-hybridized carbons (Fsp3) is 0.444. The lowest BCUT2D eigenvalue weighted by Gasteiger charge is -2.35. The Labute approximate surface area is 203 Å². The van der Waals surface area contributed by atoms with Crippen LogP contribution in [0.3, 0.4) is 0 Å². The topological polar surface area (TPSA) is 29.5 Å². The third kappa shape index (κ3) is 5.12. The molecule has 0 spiro atoms. The van der Waals surface area contributed by atoms with E-state index in [2.05, 4.69) is 13.8 Å². The molecule has 2 aliphatic rings. The zero-order valence-corrected chi connectivity index (χ0v) is 20.6. The van der Waals surface area contributed by atoms with E-state index in [1.165, 1.54) is 5.57 Å². The van der Waals surface area contributed by atoms with Gasteiger partial charge in [-0.15, -0.1) is 0 Å². The maximum absolute atomic E-state index is 13.4. The van der Waals surface area contributed by atoms with Crippen LogP contribution in [-0.2, 0) is 10.9 Å². The average Bonchev–Trinajstić information content (AvgIpc) is 3.00. The lowest BCUT2D eigenvalue weighted by molar-refractivity contribution is -0.137. The minimum absolute atomic E-state index is 0.0851. The molecule has 1 aliphatic heterocycles. The summed E-state index contributed by atoms with van der Waals surface area (Å²) in [5.74, 6) is 0. The molecule has 0 saturated carbocycles. The van der Waals surface area contributed by atoms with E-state index < -0.39 is 30.0 Å². The molecule has 2 aromatic carbocycles. The molecule has 34 heavy (non-hydrogen) atoms. The molecule has 0 radical (unpaired) electrons. The Morgan fingerprint density at radius 1 is 1.18 bits per heavy atom. The van der Waals surface area contributed by atoms with Crippen molar-refractivity contribution in [2.75, 3.05) is 6.54 Å². The number of carbonyl (C=O) groups excluding carboxylic acids is 1.